The average molecular weight is 255 g/mol. The van der Waals surface area contributed by atoms with Gasteiger partial charge in [-0.2, -0.15) is 0 Å². The maximum Gasteiger partial charge on any atom is 0.0794 e. The summed E-state index contributed by atoms with van der Waals surface area (Å²) in [7, 11) is 0. The zero-order valence-corrected chi connectivity index (χ0v) is 10.7. The topological polar surface area (TPSA) is 37.8 Å². The second kappa shape index (κ2) is 5.25. The first kappa shape index (κ1) is 11.3. The minimum Gasteiger partial charge on any atom is -0.308 e. The number of hydrogen-bond acceptors (Lipinski definition) is 4. The van der Waals surface area contributed by atoms with Crippen LogP contribution in [0.15, 0.2) is 48.4 Å². The highest BCUT2D eigenvalue weighted by Crippen LogP contribution is 2.16. The summed E-state index contributed by atoms with van der Waals surface area (Å²) >= 11 is 1.67. The third-order valence-electron chi connectivity index (χ3n) is 2.85. The van der Waals surface area contributed by atoms with Crippen molar-refractivity contribution in [1.82, 2.24) is 15.3 Å². The van der Waals surface area contributed by atoms with Gasteiger partial charge in [-0.3, -0.25) is 9.97 Å². The molecular formula is C14H13N3S. The van der Waals surface area contributed by atoms with Crippen molar-refractivity contribution in [2.24, 2.45) is 0 Å². The smallest absolute Gasteiger partial charge is 0.0794 e. The summed E-state index contributed by atoms with van der Waals surface area (Å²) in [5.74, 6) is 0. The van der Waals surface area contributed by atoms with E-state index in [9.17, 15) is 0 Å². The van der Waals surface area contributed by atoms with E-state index in [1.54, 1.807) is 11.3 Å². The fourth-order valence-electron chi connectivity index (χ4n) is 1.97. The van der Waals surface area contributed by atoms with Crippen LogP contribution in [0.1, 0.15) is 10.4 Å². The lowest BCUT2D eigenvalue weighted by Gasteiger charge is -2.06. The Balaban J connectivity index is 1.74. The molecule has 0 aliphatic rings. The molecule has 2 heterocycles. The Morgan fingerprint density at radius 3 is 2.83 bits per heavy atom. The number of nitrogens with zero attached hydrogens (tertiary/aromatic N) is 2. The number of thiazole rings is 1. The van der Waals surface area contributed by atoms with Gasteiger partial charge < -0.3 is 5.32 Å². The third kappa shape index (κ3) is 2.39. The first-order chi connectivity index (χ1) is 8.93. The Hall–Kier alpha value is -1.78. The van der Waals surface area contributed by atoms with Crippen molar-refractivity contribution in [2.45, 2.75) is 13.1 Å². The molecule has 0 saturated heterocycles. The Bertz CT molecular complexity index is 629. The molecule has 90 valence electrons. The molecule has 4 heteroatoms. The second-order valence-electron chi connectivity index (χ2n) is 4.09. The van der Waals surface area contributed by atoms with Gasteiger partial charge in [0.1, 0.15) is 0 Å². The van der Waals surface area contributed by atoms with E-state index in [1.165, 1.54) is 21.2 Å². The average Bonchev–Trinajstić information content (AvgIpc) is 2.92. The summed E-state index contributed by atoms with van der Waals surface area (Å²) in [6.07, 6.45) is 5.74. The van der Waals surface area contributed by atoms with E-state index < -0.39 is 0 Å². The highest BCUT2D eigenvalue weighted by Gasteiger charge is 2.01. The van der Waals surface area contributed by atoms with Gasteiger partial charge in [0.05, 0.1) is 5.51 Å². The quantitative estimate of drug-likeness (QED) is 0.779. The van der Waals surface area contributed by atoms with E-state index in [0.29, 0.717) is 0 Å². The summed E-state index contributed by atoms with van der Waals surface area (Å²) in [6, 6.07) is 8.34. The van der Waals surface area contributed by atoms with Crippen molar-refractivity contribution >= 4 is 22.1 Å². The van der Waals surface area contributed by atoms with Crippen LogP contribution in [0.5, 0.6) is 0 Å². The van der Waals surface area contributed by atoms with Crippen LogP contribution in [0.25, 0.3) is 10.8 Å². The molecule has 0 radical (unpaired) electrons. The van der Waals surface area contributed by atoms with Gasteiger partial charge in [0, 0.05) is 41.9 Å². The van der Waals surface area contributed by atoms with E-state index in [4.69, 9.17) is 0 Å². The molecule has 3 aromatic rings. The van der Waals surface area contributed by atoms with Crippen molar-refractivity contribution in [2.75, 3.05) is 0 Å². The number of pyridine rings is 1. The molecule has 3 rings (SSSR count). The molecular weight excluding hydrogens is 242 g/mol. The number of rotatable bonds is 4. The van der Waals surface area contributed by atoms with Crippen LogP contribution in [0.4, 0.5) is 0 Å². The standard InChI is InChI=1S/C14H13N3S/c1-2-4-14-11(3-1)5-15-6-12(14)7-16-8-13-9-17-10-18-13/h1-6,9-10,16H,7-8H2. The normalized spacial score (nSPS) is 10.9. The predicted molar refractivity (Wildman–Crippen MR) is 74.4 cm³/mol. The van der Waals surface area contributed by atoms with Crippen molar-refractivity contribution < 1.29 is 0 Å². The molecule has 2 aromatic heterocycles. The highest BCUT2D eigenvalue weighted by atomic mass is 32.1. The maximum absolute atomic E-state index is 4.28. The number of fused-ring (bicyclic) bond motifs is 1. The predicted octanol–water partition coefficient (Wildman–Crippen LogP) is 2.98. The Kier molecular flexibility index (Phi) is 3.30. The zero-order chi connectivity index (χ0) is 12.2. The Morgan fingerprint density at radius 1 is 1.00 bits per heavy atom. The molecule has 3 nitrogen and oxygen atoms in total. The van der Waals surface area contributed by atoms with Gasteiger partial charge in [0.15, 0.2) is 0 Å². The minimum absolute atomic E-state index is 0.826. The van der Waals surface area contributed by atoms with Crippen LogP contribution in [0, 0.1) is 0 Å². The summed E-state index contributed by atoms with van der Waals surface area (Å²) in [5, 5.41) is 5.88. The van der Waals surface area contributed by atoms with E-state index in [0.717, 1.165) is 13.1 Å². The number of benzene rings is 1. The van der Waals surface area contributed by atoms with Crippen molar-refractivity contribution in [3.8, 4) is 0 Å². The molecule has 0 atom stereocenters. The summed E-state index contributed by atoms with van der Waals surface area (Å²) < 4.78 is 0. The van der Waals surface area contributed by atoms with Gasteiger partial charge in [-0.1, -0.05) is 24.3 Å². The van der Waals surface area contributed by atoms with Crippen LogP contribution in [-0.2, 0) is 13.1 Å². The molecule has 18 heavy (non-hydrogen) atoms. The Labute approximate surface area is 110 Å². The second-order valence-corrected chi connectivity index (χ2v) is 5.06. The monoisotopic (exact) mass is 255 g/mol. The molecule has 0 fully saturated rings. The molecule has 1 aromatic carbocycles. The number of nitrogens with one attached hydrogen (secondary N) is 1. The zero-order valence-electron chi connectivity index (χ0n) is 9.84. The fourth-order valence-corrected chi connectivity index (χ4v) is 2.53. The van der Waals surface area contributed by atoms with Crippen LogP contribution < -0.4 is 5.32 Å². The number of aromatic nitrogens is 2. The van der Waals surface area contributed by atoms with Gasteiger partial charge >= 0.3 is 0 Å². The number of hydrogen-bond donors (Lipinski definition) is 1. The molecule has 0 aliphatic heterocycles. The summed E-state index contributed by atoms with van der Waals surface area (Å²) in [5.41, 5.74) is 3.09. The lowest BCUT2D eigenvalue weighted by molar-refractivity contribution is 0.701. The van der Waals surface area contributed by atoms with E-state index >= 15 is 0 Å². The molecule has 0 amide bonds. The molecule has 0 bridgehead atoms. The third-order valence-corrected chi connectivity index (χ3v) is 3.63. The largest absolute Gasteiger partial charge is 0.308 e. The van der Waals surface area contributed by atoms with E-state index in [-0.39, 0.29) is 0 Å². The van der Waals surface area contributed by atoms with Gasteiger partial charge in [-0.15, -0.1) is 11.3 Å². The molecule has 0 unspecified atom stereocenters. The highest BCUT2D eigenvalue weighted by molar-refractivity contribution is 7.09. The molecule has 0 spiro atoms. The van der Waals surface area contributed by atoms with E-state index in [1.807, 2.05) is 30.2 Å². The van der Waals surface area contributed by atoms with Gasteiger partial charge in [-0.25, -0.2) is 0 Å². The molecule has 0 saturated carbocycles. The van der Waals surface area contributed by atoms with Crippen LogP contribution in [-0.4, -0.2) is 9.97 Å². The first-order valence-electron chi connectivity index (χ1n) is 5.83. The van der Waals surface area contributed by atoms with Gasteiger partial charge in [-0.05, 0) is 10.9 Å². The van der Waals surface area contributed by atoms with Gasteiger partial charge in [0.2, 0.25) is 0 Å². The summed E-state index contributed by atoms with van der Waals surface area (Å²) in [4.78, 5) is 9.60. The van der Waals surface area contributed by atoms with Crippen LogP contribution in [0.2, 0.25) is 0 Å². The first-order valence-corrected chi connectivity index (χ1v) is 6.71. The van der Waals surface area contributed by atoms with Gasteiger partial charge in [0.25, 0.3) is 0 Å². The summed E-state index contributed by atoms with van der Waals surface area (Å²) in [6.45, 7) is 1.68. The molecule has 1 N–H and O–H groups in total. The van der Waals surface area contributed by atoms with Crippen molar-refractivity contribution in [3.05, 3.63) is 58.8 Å². The SMILES string of the molecule is c1ccc2c(CNCc3cncs3)cncc2c1. The maximum atomic E-state index is 4.28. The van der Waals surface area contributed by atoms with Crippen molar-refractivity contribution in [1.29, 1.82) is 0 Å². The lowest BCUT2D eigenvalue weighted by atomic mass is 10.1. The van der Waals surface area contributed by atoms with Crippen molar-refractivity contribution in [3.63, 3.8) is 0 Å². The lowest BCUT2D eigenvalue weighted by Crippen LogP contribution is -2.12. The van der Waals surface area contributed by atoms with Crippen LogP contribution >= 0.6 is 11.3 Å². The van der Waals surface area contributed by atoms with Crippen LogP contribution in [0.3, 0.4) is 0 Å². The van der Waals surface area contributed by atoms with E-state index in [2.05, 4.69) is 33.5 Å². The molecule has 0 aliphatic carbocycles. The fraction of sp³-hybridized carbons (Fsp3) is 0.143. The minimum atomic E-state index is 0.826. The Morgan fingerprint density at radius 2 is 1.94 bits per heavy atom.